The molecule has 0 aromatic heterocycles. The average Bonchev–Trinajstić information content (AvgIpc) is 2.46. The fourth-order valence-corrected chi connectivity index (χ4v) is 3.55. The number of piperidine rings is 2. The highest BCUT2D eigenvalue weighted by atomic mass is 16.2. The molecular weight excluding hydrogens is 278 g/mol. The van der Waals surface area contributed by atoms with Gasteiger partial charge >= 0.3 is 0 Å². The number of carbonyl (C=O) groups excluding carboxylic acids is 2. The molecule has 2 aliphatic rings. The van der Waals surface area contributed by atoms with Gasteiger partial charge < -0.3 is 15.5 Å². The average molecular weight is 309 g/mol. The summed E-state index contributed by atoms with van der Waals surface area (Å²) in [5, 5.41) is 6.56. The lowest BCUT2D eigenvalue weighted by molar-refractivity contribution is -0.135. The fourth-order valence-electron chi connectivity index (χ4n) is 3.55. The van der Waals surface area contributed by atoms with Crippen molar-refractivity contribution < 1.29 is 9.59 Å². The van der Waals surface area contributed by atoms with Crippen LogP contribution in [0.3, 0.4) is 0 Å². The minimum absolute atomic E-state index is 0.0106. The van der Waals surface area contributed by atoms with Crippen LogP contribution in [-0.4, -0.2) is 48.4 Å². The van der Waals surface area contributed by atoms with Gasteiger partial charge in [-0.3, -0.25) is 9.59 Å². The van der Waals surface area contributed by atoms with Crippen LogP contribution in [0, 0.1) is 11.3 Å². The van der Waals surface area contributed by atoms with Gasteiger partial charge in [-0.25, -0.2) is 0 Å². The molecule has 126 valence electrons. The number of nitrogens with one attached hydrogen (secondary N) is 2. The third-order valence-electron chi connectivity index (χ3n) is 5.04. The van der Waals surface area contributed by atoms with Crippen molar-refractivity contribution >= 4 is 11.8 Å². The van der Waals surface area contributed by atoms with E-state index in [4.69, 9.17) is 0 Å². The van der Waals surface area contributed by atoms with Crippen LogP contribution in [0.5, 0.6) is 0 Å². The molecule has 0 spiro atoms. The Morgan fingerprint density at radius 1 is 1.23 bits per heavy atom. The van der Waals surface area contributed by atoms with Crippen molar-refractivity contribution in [1.29, 1.82) is 0 Å². The maximum atomic E-state index is 12.6. The Morgan fingerprint density at radius 3 is 2.41 bits per heavy atom. The van der Waals surface area contributed by atoms with Crippen molar-refractivity contribution in [2.24, 2.45) is 11.3 Å². The van der Waals surface area contributed by atoms with Crippen molar-refractivity contribution in [3.63, 3.8) is 0 Å². The van der Waals surface area contributed by atoms with Gasteiger partial charge in [-0.05, 0) is 37.6 Å². The molecule has 0 bridgehead atoms. The molecule has 2 aliphatic heterocycles. The first kappa shape index (κ1) is 17.3. The first-order valence-electron chi connectivity index (χ1n) is 8.64. The number of amides is 2. The molecule has 2 amide bonds. The predicted octanol–water partition coefficient (Wildman–Crippen LogP) is 1.53. The van der Waals surface area contributed by atoms with Crippen molar-refractivity contribution in [2.75, 3.05) is 19.6 Å². The highest BCUT2D eigenvalue weighted by Crippen LogP contribution is 2.30. The molecule has 5 nitrogen and oxygen atoms in total. The zero-order valence-corrected chi connectivity index (χ0v) is 14.4. The van der Waals surface area contributed by atoms with Crippen LogP contribution in [0.15, 0.2) is 0 Å². The molecule has 5 heteroatoms. The van der Waals surface area contributed by atoms with Crippen molar-refractivity contribution in [3.8, 4) is 0 Å². The van der Waals surface area contributed by atoms with Crippen LogP contribution < -0.4 is 10.6 Å². The lowest BCUT2D eigenvalue weighted by Crippen LogP contribution is -2.58. The maximum Gasteiger partial charge on any atom is 0.237 e. The number of hydrogen-bond acceptors (Lipinski definition) is 3. The second kappa shape index (κ2) is 6.99. The molecule has 2 saturated heterocycles. The van der Waals surface area contributed by atoms with Gasteiger partial charge in [0.15, 0.2) is 0 Å². The van der Waals surface area contributed by atoms with Crippen molar-refractivity contribution in [1.82, 2.24) is 15.5 Å². The predicted molar refractivity (Wildman–Crippen MR) is 87.4 cm³/mol. The van der Waals surface area contributed by atoms with Gasteiger partial charge in [0, 0.05) is 25.0 Å². The Labute approximate surface area is 134 Å². The largest absolute Gasteiger partial charge is 0.352 e. The maximum absolute atomic E-state index is 12.6. The smallest absolute Gasteiger partial charge is 0.237 e. The Hall–Kier alpha value is -1.10. The zero-order valence-electron chi connectivity index (χ0n) is 14.4. The third kappa shape index (κ3) is 4.00. The van der Waals surface area contributed by atoms with E-state index < -0.39 is 0 Å². The first-order valence-corrected chi connectivity index (χ1v) is 8.64. The molecular formula is C17H31N3O2. The molecule has 2 fully saturated rings. The monoisotopic (exact) mass is 309 g/mol. The van der Waals surface area contributed by atoms with Gasteiger partial charge in [0.25, 0.3) is 0 Å². The number of rotatable bonds is 3. The topological polar surface area (TPSA) is 61.4 Å². The van der Waals surface area contributed by atoms with E-state index in [1.165, 1.54) is 0 Å². The highest BCUT2D eigenvalue weighted by molar-refractivity contribution is 5.83. The summed E-state index contributed by atoms with van der Waals surface area (Å²) in [6, 6.07) is 0.0971. The van der Waals surface area contributed by atoms with E-state index in [2.05, 4.69) is 24.5 Å². The highest BCUT2D eigenvalue weighted by Gasteiger charge is 2.38. The normalized spacial score (nSPS) is 26.0. The van der Waals surface area contributed by atoms with Crippen LogP contribution in [-0.2, 0) is 9.59 Å². The molecule has 1 unspecified atom stereocenters. The molecule has 0 aromatic carbocycles. The van der Waals surface area contributed by atoms with E-state index in [0.29, 0.717) is 0 Å². The molecule has 0 aromatic rings. The molecule has 1 atom stereocenters. The number of hydrogen-bond donors (Lipinski definition) is 2. The van der Waals surface area contributed by atoms with Crippen molar-refractivity contribution in [2.45, 2.75) is 65.5 Å². The summed E-state index contributed by atoms with van der Waals surface area (Å²) in [6.45, 7) is 10.6. The van der Waals surface area contributed by atoms with Gasteiger partial charge in [0.2, 0.25) is 11.8 Å². The Morgan fingerprint density at radius 2 is 1.86 bits per heavy atom. The van der Waals surface area contributed by atoms with E-state index in [1.54, 1.807) is 0 Å². The Balaban J connectivity index is 1.83. The van der Waals surface area contributed by atoms with Crippen LogP contribution in [0.4, 0.5) is 0 Å². The number of carbonyl (C=O) groups is 2. The molecule has 2 rings (SSSR count). The van der Waals surface area contributed by atoms with Gasteiger partial charge in [-0.2, -0.15) is 0 Å². The molecule has 2 N–H and O–H groups in total. The summed E-state index contributed by atoms with van der Waals surface area (Å²) < 4.78 is 0. The quantitative estimate of drug-likeness (QED) is 0.831. The van der Waals surface area contributed by atoms with Crippen LogP contribution >= 0.6 is 0 Å². The van der Waals surface area contributed by atoms with Crippen LogP contribution in [0.1, 0.15) is 53.4 Å². The van der Waals surface area contributed by atoms with Gasteiger partial charge in [-0.1, -0.05) is 27.7 Å². The van der Waals surface area contributed by atoms with Gasteiger partial charge in [0.1, 0.15) is 0 Å². The SMILES string of the molecule is CC(C)C(=O)N1CCC(NC(=O)C2NCCCC2(C)C)CC1. The summed E-state index contributed by atoms with van der Waals surface area (Å²) in [7, 11) is 0. The second-order valence-electron chi connectivity index (χ2n) is 7.74. The van der Waals surface area contributed by atoms with E-state index in [0.717, 1.165) is 45.3 Å². The fraction of sp³-hybridized carbons (Fsp3) is 0.882. The third-order valence-corrected chi connectivity index (χ3v) is 5.04. The number of likely N-dealkylation sites (tertiary alicyclic amines) is 1. The summed E-state index contributed by atoms with van der Waals surface area (Å²) in [4.78, 5) is 26.5. The molecule has 22 heavy (non-hydrogen) atoms. The summed E-state index contributed by atoms with van der Waals surface area (Å²) in [6.07, 6.45) is 3.93. The molecule has 0 radical (unpaired) electrons. The lowest BCUT2D eigenvalue weighted by Gasteiger charge is -2.40. The van der Waals surface area contributed by atoms with Gasteiger partial charge in [0.05, 0.1) is 6.04 Å². The van der Waals surface area contributed by atoms with Crippen LogP contribution in [0.2, 0.25) is 0 Å². The van der Waals surface area contributed by atoms with E-state index in [1.807, 2.05) is 18.7 Å². The van der Waals surface area contributed by atoms with Crippen LogP contribution in [0.25, 0.3) is 0 Å². The molecule has 0 aliphatic carbocycles. The van der Waals surface area contributed by atoms with E-state index in [9.17, 15) is 9.59 Å². The second-order valence-corrected chi connectivity index (χ2v) is 7.74. The summed E-state index contributed by atoms with van der Waals surface area (Å²) in [5.74, 6) is 0.400. The molecule has 0 saturated carbocycles. The standard InChI is InChI=1S/C17H31N3O2/c1-12(2)16(22)20-10-6-13(7-11-20)19-15(21)14-17(3,4)8-5-9-18-14/h12-14,18H,5-11H2,1-4H3,(H,19,21). The van der Waals surface area contributed by atoms with E-state index >= 15 is 0 Å². The summed E-state index contributed by atoms with van der Waals surface area (Å²) in [5.41, 5.74) is 0.0106. The minimum Gasteiger partial charge on any atom is -0.352 e. The Kier molecular flexibility index (Phi) is 5.48. The Bertz CT molecular complexity index is 412. The summed E-state index contributed by atoms with van der Waals surface area (Å²) >= 11 is 0. The first-order chi connectivity index (χ1) is 10.3. The minimum atomic E-state index is -0.100. The zero-order chi connectivity index (χ0) is 16.3. The van der Waals surface area contributed by atoms with E-state index in [-0.39, 0.29) is 35.2 Å². The van der Waals surface area contributed by atoms with Gasteiger partial charge in [-0.15, -0.1) is 0 Å². The lowest BCUT2D eigenvalue weighted by atomic mass is 9.77. The molecule has 2 heterocycles. The van der Waals surface area contributed by atoms with Crippen molar-refractivity contribution in [3.05, 3.63) is 0 Å². The number of nitrogens with zero attached hydrogens (tertiary/aromatic N) is 1.